The fourth-order valence-corrected chi connectivity index (χ4v) is 5.16. The highest BCUT2D eigenvalue weighted by Gasteiger charge is 2.31. The molecule has 1 fully saturated rings. The molecule has 0 unspecified atom stereocenters. The first-order valence-corrected chi connectivity index (χ1v) is 11.2. The molecule has 1 aromatic heterocycles. The zero-order valence-electron chi connectivity index (χ0n) is 16.9. The molecule has 1 aliphatic rings. The van der Waals surface area contributed by atoms with Crippen molar-refractivity contribution in [2.75, 3.05) is 26.2 Å². The first kappa shape index (κ1) is 20.8. The van der Waals surface area contributed by atoms with Gasteiger partial charge >= 0.3 is 0 Å². The van der Waals surface area contributed by atoms with Gasteiger partial charge < -0.3 is 9.47 Å². The molecule has 0 radical (unpaired) electrons. The van der Waals surface area contributed by atoms with E-state index in [-0.39, 0.29) is 42.5 Å². The monoisotopic (exact) mass is 436 g/mol. The van der Waals surface area contributed by atoms with Crippen LogP contribution in [0.15, 0.2) is 64.3 Å². The van der Waals surface area contributed by atoms with Crippen molar-refractivity contribution >= 4 is 26.8 Å². The number of amides is 1. The maximum absolute atomic E-state index is 13.2. The highest BCUT2D eigenvalue weighted by atomic mass is 32.2. The lowest BCUT2D eigenvalue weighted by Gasteiger charge is -2.34. The molecule has 0 aliphatic carbocycles. The highest BCUT2D eigenvalue weighted by Crippen LogP contribution is 2.21. The largest absolute Gasteiger partial charge is 0.336 e. The molecule has 31 heavy (non-hydrogen) atoms. The van der Waals surface area contributed by atoms with Crippen LogP contribution in [0.3, 0.4) is 0 Å². The van der Waals surface area contributed by atoms with Crippen LogP contribution in [0, 0.1) is 11.3 Å². The third-order valence-electron chi connectivity index (χ3n) is 5.53. The zero-order chi connectivity index (χ0) is 22.2. The number of aryl methyl sites for hydroxylation is 1. The summed E-state index contributed by atoms with van der Waals surface area (Å²) in [5.74, 6) is -0.288. The molecule has 0 N–H and O–H groups in total. The van der Waals surface area contributed by atoms with Crippen LogP contribution in [0.4, 0.5) is 0 Å². The van der Waals surface area contributed by atoms with Crippen molar-refractivity contribution in [1.29, 1.82) is 5.26 Å². The number of nitrogens with zero attached hydrogens (tertiary/aromatic N) is 4. The molecule has 1 amide bonds. The van der Waals surface area contributed by atoms with Crippen LogP contribution in [-0.2, 0) is 17.1 Å². The molecule has 1 saturated heterocycles. The summed E-state index contributed by atoms with van der Waals surface area (Å²) in [7, 11) is -2.06. The second kappa shape index (κ2) is 7.98. The number of para-hydroxylation sites is 1. The Morgan fingerprint density at radius 3 is 2.29 bits per heavy atom. The number of sulfonamides is 1. The summed E-state index contributed by atoms with van der Waals surface area (Å²) in [5, 5.41) is 9.57. The first-order chi connectivity index (χ1) is 14.8. The Kier molecular flexibility index (Phi) is 5.35. The topological polar surface area (TPSA) is 103 Å². The van der Waals surface area contributed by atoms with Gasteiger partial charge in [-0.25, -0.2) is 8.42 Å². The van der Waals surface area contributed by atoms with Crippen molar-refractivity contribution in [3.63, 3.8) is 0 Å². The normalized spacial score (nSPS) is 15.0. The van der Waals surface area contributed by atoms with Gasteiger partial charge in [0.05, 0.1) is 27.6 Å². The van der Waals surface area contributed by atoms with Crippen LogP contribution >= 0.6 is 0 Å². The Hall–Kier alpha value is -3.48. The van der Waals surface area contributed by atoms with Crippen LogP contribution in [0.1, 0.15) is 15.9 Å². The number of carbonyl (C=O) groups excluding carboxylic acids is 1. The zero-order valence-corrected chi connectivity index (χ0v) is 17.7. The molecule has 1 aliphatic heterocycles. The molecule has 2 aromatic carbocycles. The van der Waals surface area contributed by atoms with E-state index in [0.29, 0.717) is 22.0 Å². The molecule has 3 aromatic rings. The molecule has 9 heteroatoms. The van der Waals surface area contributed by atoms with Crippen LogP contribution in [0.2, 0.25) is 0 Å². The van der Waals surface area contributed by atoms with E-state index < -0.39 is 10.0 Å². The van der Waals surface area contributed by atoms with Gasteiger partial charge in [0, 0.05) is 44.7 Å². The van der Waals surface area contributed by atoms with Crippen LogP contribution in [0.25, 0.3) is 10.9 Å². The van der Waals surface area contributed by atoms with Gasteiger partial charge in [0.15, 0.2) is 0 Å². The summed E-state index contributed by atoms with van der Waals surface area (Å²) in [6.07, 6.45) is 0. The van der Waals surface area contributed by atoms with Crippen molar-refractivity contribution in [2.45, 2.75) is 4.90 Å². The minimum absolute atomic E-state index is 0.115. The number of rotatable bonds is 3. The average molecular weight is 436 g/mol. The predicted molar refractivity (Wildman–Crippen MR) is 115 cm³/mol. The Morgan fingerprint density at radius 1 is 1.00 bits per heavy atom. The summed E-state index contributed by atoms with van der Waals surface area (Å²) in [4.78, 5) is 27.2. The number of aromatic nitrogens is 1. The molecule has 2 heterocycles. The molecule has 8 nitrogen and oxygen atoms in total. The minimum atomic E-state index is -3.72. The number of pyridine rings is 1. The maximum atomic E-state index is 13.2. The Labute approximate surface area is 179 Å². The fourth-order valence-electron chi connectivity index (χ4n) is 3.74. The van der Waals surface area contributed by atoms with E-state index in [1.807, 2.05) is 18.2 Å². The molecule has 0 atom stereocenters. The average Bonchev–Trinajstić information content (AvgIpc) is 2.81. The number of nitriles is 1. The summed E-state index contributed by atoms with van der Waals surface area (Å²) >= 11 is 0. The van der Waals surface area contributed by atoms with Crippen molar-refractivity contribution in [2.24, 2.45) is 7.05 Å². The molecule has 158 valence electrons. The Balaban J connectivity index is 1.55. The van der Waals surface area contributed by atoms with Crippen LogP contribution in [-0.4, -0.2) is 54.3 Å². The number of hydrogen-bond acceptors (Lipinski definition) is 5. The van der Waals surface area contributed by atoms with Crippen molar-refractivity contribution in [3.8, 4) is 6.07 Å². The van der Waals surface area contributed by atoms with E-state index in [0.717, 1.165) is 0 Å². The van der Waals surface area contributed by atoms with Crippen LogP contribution < -0.4 is 5.56 Å². The molecule has 4 rings (SSSR count). The first-order valence-electron chi connectivity index (χ1n) is 9.71. The molecule has 0 saturated carbocycles. The quantitative estimate of drug-likeness (QED) is 0.620. The third kappa shape index (κ3) is 3.71. The van der Waals surface area contributed by atoms with E-state index in [2.05, 4.69) is 0 Å². The van der Waals surface area contributed by atoms with E-state index in [4.69, 9.17) is 5.26 Å². The summed E-state index contributed by atoms with van der Waals surface area (Å²) < 4.78 is 28.6. The van der Waals surface area contributed by atoms with Gasteiger partial charge in [-0.2, -0.15) is 9.57 Å². The molecular formula is C22H20N4O4S. The number of fused-ring (bicyclic) bond motifs is 1. The summed E-state index contributed by atoms with van der Waals surface area (Å²) in [6.45, 7) is 0.740. The standard InChI is InChI=1S/C22H20N4O4S/c1-24-20-5-3-2-4-18(20)19(14-21(24)27)22(28)25-10-12-26(13-11-25)31(29,30)17-8-6-16(15-23)7-9-17/h2-9,14H,10-13H2,1H3. The second-order valence-corrected chi connectivity index (χ2v) is 9.24. The smallest absolute Gasteiger partial charge is 0.254 e. The van der Waals surface area contributed by atoms with Gasteiger partial charge in [0.2, 0.25) is 10.0 Å². The Bertz CT molecular complexity index is 1360. The molecular weight excluding hydrogens is 416 g/mol. The number of hydrogen-bond donors (Lipinski definition) is 0. The van der Waals surface area contributed by atoms with E-state index in [1.54, 1.807) is 24.1 Å². The predicted octanol–water partition coefficient (Wildman–Crippen LogP) is 1.56. The number of benzene rings is 2. The van der Waals surface area contributed by atoms with Gasteiger partial charge in [-0.1, -0.05) is 18.2 Å². The van der Waals surface area contributed by atoms with Crippen LogP contribution in [0.5, 0.6) is 0 Å². The third-order valence-corrected chi connectivity index (χ3v) is 7.44. The van der Waals surface area contributed by atoms with Crippen molar-refractivity contribution in [1.82, 2.24) is 13.8 Å². The lowest BCUT2D eigenvalue weighted by atomic mass is 10.1. The van der Waals surface area contributed by atoms with Gasteiger partial charge in [-0.05, 0) is 30.3 Å². The molecule has 0 bridgehead atoms. The lowest BCUT2D eigenvalue weighted by molar-refractivity contribution is 0.0699. The Morgan fingerprint density at radius 2 is 1.65 bits per heavy atom. The summed E-state index contributed by atoms with van der Waals surface area (Å²) in [6, 6.07) is 16.3. The van der Waals surface area contributed by atoms with E-state index >= 15 is 0 Å². The van der Waals surface area contributed by atoms with E-state index in [1.165, 1.54) is 39.2 Å². The van der Waals surface area contributed by atoms with Gasteiger partial charge in [-0.3, -0.25) is 9.59 Å². The lowest BCUT2D eigenvalue weighted by Crippen LogP contribution is -2.50. The fraction of sp³-hybridized carbons (Fsp3) is 0.227. The van der Waals surface area contributed by atoms with Gasteiger partial charge in [-0.15, -0.1) is 0 Å². The van der Waals surface area contributed by atoms with Gasteiger partial charge in [0.25, 0.3) is 11.5 Å². The summed E-state index contributed by atoms with van der Waals surface area (Å²) in [5.41, 5.74) is 1.10. The number of piperazine rings is 1. The van der Waals surface area contributed by atoms with Gasteiger partial charge in [0.1, 0.15) is 0 Å². The minimum Gasteiger partial charge on any atom is -0.336 e. The maximum Gasteiger partial charge on any atom is 0.254 e. The van der Waals surface area contributed by atoms with Crippen molar-refractivity contribution in [3.05, 3.63) is 76.1 Å². The van der Waals surface area contributed by atoms with E-state index in [9.17, 15) is 18.0 Å². The highest BCUT2D eigenvalue weighted by molar-refractivity contribution is 7.89. The SMILES string of the molecule is Cn1c(=O)cc(C(=O)N2CCN(S(=O)(=O)c3ccc(C#N)cc3)CC2)c2ccccc21. The van der Waals surface area contributed by atoms with Crippen molar-refractivity contribution < 1.29 is 13.2 Å². The number of carbonyl (C=O) groups is 1. The second-order valence-electron chi connectivity index (χ2n) is 7.30. The molecule has 0 spiro atoms.